The maximum atomic E-state index is 12.2. The average molecular weight is 396 g/mol. The van der Waals surface area contributed by atoms with E-state index in [9.17, 15) is 4.79 Å². The molecule has 0 unspecified atom stereocenters. The summed E-state index contributed by atoms with van der Waals surface area (Å²) in [7, 11) is 0. The minimum absolute atomic E-state index is 0.187. The van der Waals surface area contributed by atoms with Crippen LogP contribution >= 0.6 is 15.9 Å². The Labute approximate surface area is 155 Å². The fourth-order valence-electron chi connectivity index (χ4n) is 2.30. The highest BCUT2D eigenvalue weighted by Gasteiger charge is 2.07. The van der Waals surface area contributed by atoms with Gasteiger partial charge in [0.25, 0.3) is 5.91 Å². The van der Waals surface area contributed by atoms with E-state index in [0.717, 1.165) is 21.4 Å². The molecule has 0 aliphatic carbocycles. The van der Waals surface area contributed by atoms with E-state index in [4.69, 9.17) is 0 Å². The van der Waals surface area contributed by atoms with Crippen LogP contribution in [0.5, 0.6) is 0 Å². The van der Waals surface area contributed by atoms with Crippen LogP contribution in [0.4, 0.5) is 11.4 Å². The summed E-state index contributed by atoms with van der Waals surface area (Å²) in [5.41, 5.74) is 4.42. The molecule has 0 aliphatic heterocycles. The van der Waals surface area contributed by atoms with Gasteiger partial charge in [0.2, 0.25) is 0 Å². The number of anilines is 2. The molecule has 0 radical (unpaired) electrons. The van der Waals surface area contributed by atoms with Crippen molar-refractivity contribution in [2.24, 2.45) is 0 Å². The van der Waals surface area contributed by atoms with E-state index in [2.05, 4.69) is 31.5 Å². The highest BCUT2D eigenvalue weighted by Crippen LogP contribution is 2.24. The Balaban J connectivity index is 1.60. The highest BCUT2D eigenvalue weighted by atomic mass is 79.9. The van der Waals surface area contributed by atoms with Gasteiger partial charge in [0.15, 0.2) is 0 Å². The van der Waals surface area contributed by atoms with Crippen LogP contribution in [-0.4, -0.2) is 10.9 Å². The number of hydrogen-bond acceptors (Lipinski definition) is 3. The summed E-state index contributed by atoms with van der Waals surface area (Å²) in [5, 5.41) is 6.14. The molecule has 25 heavy (non-hydrogen) atoms. The third-order valence-corrected chi connectivity index (χ3v) is 4.41. The van der Waals surface area contributed by atoms with Crippen LogP contribution in [0.3, 0.4) is 0 Å². The summed E-state index contributed by atoms with van der Waals surface area (Å²) >= 11 is 3.49. The maximum Gasteiger partial charge on any atom is 0.270 e. The summed E-state index contributed by atoms with van der Waals surface area (Å²) in [6.07, 6.45) is 1.65. The Kier molecular flexibility index (Phi) is 5.46. The SMILES string of the molecule is Cc1ccc(CNC(=O)c2ccc(Nc3ccccc3Br)cn2)cc1. The van der Waals surface area contributed by atoms with Gasteiger partial charge in [-0.25, -0.2) is 4.98 Å². The number of rotatable bonds is 5. The zero-order chi connectivity index (χ0) is 17.6. The van der Waals surface area contributed by atoms with Crippen molar-refractivity contribution in [3.05, 3.63) is 88.2 Å². The number of amides is 1. The standard InChI is InChI=1S/C20H18BrN3O/c1-14-6-8-15(9-7-14)12-23-20(25)19-11-10-16(13-22-19)24-18-5-3-2-4-17(18)21/h2-11,13,24H,12H2,1H3,(H,23,25). The zero-order valence-corrected chi connectivity index (χ0v) is 15.4. The van der Waals surface area contributed by atoms with E-state index < -0.39 is 0 Å². The second-order valence-corrected chi connectivity index (χ2v) is 6.56. The molecule has 0 fully saturated rings. The predicted molar refractivity (Wildman–Crippen MR) is 104 cm³/mol. The molecule has 0 saturated carbocycles. The van der Waals surface area contributed by atoms with Crippen LogP contribution < -0.4 is 10.6 Å². The van der Waals surface area contributed by atoms with Crippen LogP contribution in [-0.2, 0) is 6.54 Å². The molecule has 0 aliphatic rings. The lowest BCUT2D eigenvalue weighted by Gasteiger charge is -2.09. The van der Waals surface area contributed by atoms with E-state index in [1.54, 1.807) is 12.3 Å². The van der Waals surface area contributed by atoms with Gasteiger partial charge in [0.05, 0.1) is 17.6 Å². The molecular formula is C20H18BrN3O. The van der Waals surface area contributed by atoms with Gasteiger partial charge in [-0.2, -0.15) is 0 Å². The highest BCUT2D eigenvalue weighted by molar-refractivity contribution is 9.10. The van der Waals surface area contributed by atoms with Crippen LogP contribution in [0, 0.1) is 6.92 Å². The number of hydrogen-bond donors (Lipinski definition) is 2. The second-order valence-electron chi connectivity index (χ2n) is 5.71. The smallest absolute Gasteiger partial charge is 0.270 e. The number of carbonyl (C=O) groups excluding carboxylic acids is 1. The normalized spacial score (nSPS) is 10.3. The van der Waals surface area contributed by atoms with Crippen LogP contribution in [0.1, 0.15) is 21.6 Å². The van der Waals surface area contributed by atoms with Gasteiger partial charge in [-0.05, 0) is 52.7 Å². The van der Waals surface area contributed by atoms with Crippen molar-refractivity contribution in [2.75, 3.05) is 5.32 Å². The number of halogens is 1. The number of aromatic nitrogens is 1. The molecule has 5 heteroatoms. The van der Waals surface area contributed by atoms with Gasteiger partial charge >= 0.3 is 0 Å². The number of nitrogens with one attached hydrogen (secondary N) is 2. The maximum absolute atomic E-state index is 12.2. The lowest BCUT2D eigenvalue weighted by molar-refractivity contribution is 0.0946. The van der Waals surface area contributed by atoms with Gasteiger partial charge in [-0.15, -0.1) is 0 Å². The molecule has 126 valence electrons. The topological polar surface area (TPSA) is 54.0 Å². The van der Waals surface area contributed by atoms with Gasteiger partial charge in [0.1, 0.15) is 5.69 Å². The summed E-state index contributed by atoms with van der Waals surface area (Å²) in [6, 6.07) is 19.5. The van der Waals surface area contributed by atoms with Crippen molar-refractivity contribution >= 4 is 33.2 Å². The van der Waals surface area contributed by atoms with E-state index >= 15 is 0 Å². The van der Waals surface area contributed by atoms with Crippen LogP contribution in [0.15, 0.2) is 71.3 Å². The molecule has 0 bridgehead atoms. The van der Waals surface area contributed by atoms with Crippen molar-refractivity contribution in [3.8, 4) is 0 Å². The molecule has 0 saturated heterocycles. The van der Waals surface area contributed by atoms with E-state index in [1.165, 1.54) is 5.56 Å². The largest absolute Gasteiger partial charge is 0.353 e. The number of nitrogens with zero attached hydrogens (tertiary/aromatic N) is 1. The third kappa shape index (κ3) is 4.67. The summed E-state index contributed by atoms with van der Waals surface area (Å²) in [6.45, 7) is 2.52. The van der Waals surface area contributed by atoms with Crippen molar-refractivity contribution in [1.29, 1.82) is 0 Å². The fraction of sp³-hybridized carbons (Fsp3) is 0.100. The lowest BCUT2D eigenvalue weighted by Crippen LogP contribution is -2.23. The Hall–Kier alpha value is -2.66. The number of para-hydroxylation sites is 1. The van der Waals surface area contributed by atoms with Crippen molar-refractivity contribution < 1.29 is 4.79 Å². The van der Waals surface area contributed by atoms with Crippen molar-refractivity contribution in [3.63, 3.8) is 0 Å². The van der Waals surface area contributed by atoms with E-state index in [1.807, 2.05) is 61.5 Å². The monoisotopic (exact) mass is 395 g/mol. The summed E-state index contributed by atoms with van der Waals surface area (Å²) < 4.78 is 0.968. The van der Waals surface area contributed by atoms with Gasteiger partial charge < -0.3 is 10.6 Å². The number of carbonyl (C=O) groups is 1. The second kappa shape index (κ2) is 7.94. The van der Waals surface area contributed by atoms with Crippen molar-refractivity contribution in [2.45, 2.75) is 13.5 Å². The first kappa shape index (κ1) is 17.2. The van der Waals surface area contributed by atoms with Crippen LogP contribution in [0.2, 0.25) is 0 Å². The van der Waals surface area contributed by atoms with Gasteiger partial charge in [0, 0.05) is 11.0 Å². The fourth-order valence-corrected chi connectivity index (χ4v) is 2.68. The molecule has 4 nitrogen and oxygen atoms in total. The molecule has 1 aromatic heterocycles. The first-order valence-electron chi connectivity index (χ1n) is 7.93. The van der Waals surface area contributed by atoms with Crippen molar-refractivity contribution in [1.82, 2.24) is 10.3 Å². The molecule has 3 aromatic rings. The molecule has 3 rings (SSSR count). The van der Waals surface area contributed by atoms with Gasteiger partial charge in [-0.1, -0.05) is 42.0 Å². The summed E-state index contributed by atoms with van der Waals surface area (Å²) in [5.74, 6) is -0.187. The molecule has 2 aromatic carbocycles. The quantitative estimate of drug-likeness (QED) is 0.650. The lowest BCUT2D eigenvalue weighted by atomic mass is 10.1. The van der Waals surface area contributed by atoms with Crippen LogP contribution in [0.25, 0.3) is 0 Å². The first-order chi connectivity index (χ1) is 12.1. The minimum atomic E-state index is -0.187. The average Bonchev–Trinajstić information content (AvgIpc) is 2.63. The number of aryl methyl sites for hydroxylation is 1. The Morgan fingerprint density at radius 2 is 1.80 bits per heavy atom. The minimum Gasteiger partial charge on any atom is -0.353 e. The number of pyridine rings is 1. The third-order valence-electron chi connectivity index (χ3n) is 3.72. The number of benzene rings is 2. The summed E-state index contributed by atoms with van der Waals surface area (Å²) in [4.78, 5) is 16.4. The Morgan fingerprint density at radius 3 is 2.48 bits per heavy atom. The molecule has 2 N–H and O–H groups in total. The van der Waals surface area contributed by atoms with Gasteiger partial charge in [-0.3, -0.25) is 4.79 Å². The van der Waals surface area contributed by atoms with E-state index in [0.29, 0.717) is 12.2 Å². The first-order valence-corrected chi connectivity index (χ1v) is 8.72. The Bertz CT molecular complexity index is 861. The molecular weight excluding hydrogens is 378 g/mol. The predicted octanol–water partition coefficient (Wildman–Crippen LogP) is 4.83. The Morgan fingerprint density at radius 1 is 1.04 bits per heavy atom. The molecule has 1 heterocycles. The molecule has 0 atom stereocenters. The molecule has 1 amide bonds. The van der Waals surface area contributed by atoms with E-state index in [-0.39, 0.29) is 5.91 Å². The zero-order valence-electron chi connectivity index (χ0n) is 13.8. The molecule has 0 spiro atoms.